The molecule has 2 heterocycles. The van der Waals surface area contributed by atoms with Crippen LogP contribution in [0.4, 0.5) is 11.6 Å². The zero-order chi connectivity index (χ0) is 21.8. The van der Waals surface area contributed by atoms with Crippen LogP contribution in [0.25, 0.3) is 0 Å². The molecule has 0 fully saturated rings. The van der Waals surface area contributed by atoms with Gasteiger partial charge in [-0.1, -0.05) is 42.5 Å². The molecule has 0 saturated heterocycles. The van der Waals surface area contributed by atoms with E-state index in [1.165, 1.54) is 0 Å². The summed E-state index contributed by atoms with van der Waals surface area (Å²) in [5, 5.41) is 20.0. The number of hydrogen-bond donors (Lipinski definition) is 3. The van der Waals surface area contributed by atoms with Gasteiger partial charge in [0.25, 0.3) is 5.91 Å². The van der Waals surface area contributed by atoms with Crippen molar-refractivity contribution in [3.63, 3.8) is 0 Å². The van der Waals surface area contributed by atoms with E-state index < -0.39 is 6.04 Å². The normalized spacial score (nSPS) is 15.3. The Labute approximate surface area is 180 Å². The SMILES string of the molecule is COc1ccccc1NC(=O)C1=C(C)Nc2nc(CCCO)nn2[C@H]1c1ccccc1. The highest BCUT2D eigenvalue weighted by atomic mass is 16.5. The molecule has 8 nitrogen and oxygen atoms in total. The Balaban J connectivity index is 1.74. The number of fused-ring (bicyclic) bond motifs is 1. The Kier molecular flexibility index (Phi) is 5.99. The van der Waals surface area contributed by atoms with E-state index in [0.717, 1.165) is 5.56 Å². The first-order valence-electron chi connectivity index (χ1n) is 10.2. The molecular formula is C23H25N5O3. The number of ether oxygens (including phenoxy) is 1. The van der Waals surface area contributed by atoms with Gasteiger partial charge in [0, 0.05) is 18.7 Å². The summed E-state index contributed by atoms with van der Waals surface area (Å²) in [6.07, 6.45) is 1.13. The Morgan fingerprint density at radius 3 is 2.68 bits per heavy atom. The smallest absolute Gasteiger partial charge is 0.255 e. The molecule has 0 aliphatic carbocycles. The topological polar surface area (TPSA) is 101 Å². The lowest BCUT2D eigenvalue weighted by molar-refractivity contribution is -0.113. The first-order valence-corrected chi connectivity index (χ1v) is 10.2. The number of rotatable bonds is 7. The van der Waals surface area contributed by atoms with Crippen molar-refractivity contribution in [1.29, 1.82) is 0 Å². The third-order valence-electron chi connectivity index (χ3n) is 5.17. The van der Waals surface area contributed by atoms with Crippen molar-refractivity contribution in [2.24, 2.45) is 0 Å². The van der Waals surface area contributed by atoms with Gasteiger partial charge < -0.3 is 20.5 Å². The number of allylic oxidation sites excluding steroid dienone is 1. The minimum Gasteiger partial charge on any atom is -0.495 e. The highest BCUT2D eigenvalue weighted by Gasteiger charge is 2.34. The lowest BCUT2D eigenvalue weighted by Crippen LogP contribution is -2.31. The van der Waals surface area contributed by atoms with E-state index in [-0.39, 0.29) is 12.5 Å². The molecule has 31 heavy (non-hydrogen) atoms. The van der Waals surface area contributed by atoms with Gasteiger partial charge in [-0.3, -0.25) is 4.79 Å². The minimum absolute atomic E-state index is 0.0727. The average Bonchev–Trinajstić information content (AvgIpc) is 3.19. The maximum Gasteiger partial charge on any atom is 0.255 e. The fourth-order valence-electron chi connectivity index (χ4n) is 3.71. The van der Waals surface area contributed by atoms with E-state index in [4.69, 9.17) is 9.84 Å². The number of para-hydroxylation sites is 2. The zero-order valence-electron chi connectivity index (χ0n) is 17.5. The quantitative estimate of drug-likeness (QED) is 0.544. The molecular weight excluding hydrogens is 394 g/mol. The maximum absolute atomic E-state index is 13.5. The summed E-state index contributed by atoms with van der Waals surface area (Å²) < 4.78 is 7.12. The van der Waals surface area contributed by atoms with Crippen LogP contribution in [0.2, 0.25) is 0 Å². The van der Waals surface area contributed by atoms with Crippen LogP contribution in [0.15, 0.2) is 65.9 Å². The van der Waals surface area contributed by atoms with Crippen LogP contribution in [-0.4, -0.2) is 39.5 Å². The number of amides is 1. The number of nitrogens with zero attached hydrogens (tertiary/aromatic N) is 3. The molecule has 4 rings (SSSR count). The van der Waals surface area contributed by atoms with Gasteiger partial charge in [0.2, 0.25) is 5.95 Å². The predicted octanol–water partition coefficient (Wildman–Crippen LogP) is 3.14. The standard InChI is InChI=1S/C23H25N5O3/c1-15-20(22(30)25-17-11-6-7-12-18(17)31-2)21(16-9-4-3-5-10-16)28-23(24-15)26-19(27-28)13-8-14-29/h3-7,9-12,21,29H,8,13-14H2,1-2H3,(H,25,30)(H,24,26,27)/t21-/m0/s1. The van der Waals surface area contributed by atoms with Crippen LogP contribution >= 0.6 is 0 Å². The summed E-state index contributed by atoms with van der Waals surface area (Å²) in [7, 11) is 1.57. The molecule has 160 valence electrons. The molecule has 8 heteroatoms. The van der Waals surface area contributed by atoms with E-state index in [1.54, 1.807) is 23.9 Å². The molecule has 3 aromatic rings. The molecule has 1 aromatic heterocycles. The number of aliphatic hydroxyl groups is 1. The second kappa shape index (κ2) is 9.01. The summed E-state index contributed by atoms with van der Waals surface area (Å²) in [6.45, 7) is 1.93. The van der Waals surface area contributed by atoms with Gasteiger partial charge in [-0.05, 0) is 31.0 Å². The number of aromatic nitrogens is 3. The fraction of sp³-hybridized carbons (Fsp3) is 0.261. The van der Waals surface area contributed by atoms with Gasteiger partial charge >= 0.3 is 0 Å². The largest absolute Gasteiger partial charge is 0.495 e. The molecule has 0 bridgehead atoms. The molecule has 1 atom stereocenters. The fourth-order valence-corrected chi connectivity index (χ4v) is 3.71. The molecule has 1 aliphatic heterocycles. The number of carbonyl (C=O) groups excluding carboxylic acids is 1. The number of benzene rings is 2. The van der Waals surface area contributed by atoms with E-state index in [2.05, 4.69) is 20.7 Å². The van der Waals surface area contributed by atoms with Crippen molar-refractivity contribution < 1.29 is 14.6 Å². The number of anilines is 2. The summed E-state index contributed by atoms with van der Waals surface area (Å²) in [5.74, 6) is 1.54. The molecule has 0 spiro atoms. The highest BCUT2D eigenvalue weighted by Crippen LogP contribution is 2.36. The molecule has 1 amide bonds. The zero-order valence-corrected chi connectivity index (χ0v) is 17.5. The van der Waals surface area contributed by atoms with E-state index in [0.29, 0.717) is 47.3 Å². The van der Waals surface area contributed by atoms with Crippen molar-refractivity contribution in [3.05, 3.63) is 77.3 Å². The van der Waals surface area contributed by atoms with Crippen molar-refractivity contribution in [3.8, 4) is 5.75 Å². The summed E-state index contributed by atoms with van der Waals surface area (Å²) in [5.41, 5.74) is 2.77. The van der Waals surface area contributed by atoms with Gasteiger partial charge in [-0.25, -0.2) is 4.68 Å². The summed E-state index contributed by atoms with van der Waals surface area (Å²) in [4.78, 5) is 18.0. The Bertz CT molecular complexity index is 1110. The van der Waals surface area contributed by atoms with Gasteiger partial charge in [-0.2, -0.15) is 10.1 Å². The van der Waals surface area contributed by atoms with Gasteiger partial charge in [-0.15, -0.1) is 0 Å². The molecule has 3 N–H and O–H groups in total. The van der Waals surface area contributed by atoms with Crippen LogP contribution in [-0.2, 0) is 11.2 Å². The third kappa shape index (κ3) is 4.15. The Morgan fingerprint density at radius 2 is 1.94 bits per heavy atom. The number of carbonyl (C=O) groups is 1. The van der Waals surface area contributed by atoms with E-state index >= 15 is 0 Å². The van der Waals surface area contributed by atoms with E-state index in [1.807, 2.05) is 49.4 Å². The molecule has 0 unspecified atom stereocenters. The third-order valence-corrected chi connectivity index (χ3v) is 5.17. The predicted molar refractivity (Wildman–Crippen MR) is 118 cm³/mol. The second-order valence-corrected chi connectivity index (χ2v) is 7.25. The van der Waals surface area contributed by atoms with Gasteiger partial charge in [0.05, 0.1) is 18.4 Å². The van der Waals surface area contributed by atoms with Crippen LogP contribution in [0.3, 0.4) is 0 Å². The second-order valence-electron chi connectivity index (χ2n) is 7.25. The molecule has 0 radical (unpaired) electrons. The number of aryl methyl sites for hydroxylation is 1. The highest BCUT2D eigenvalue weighted by molar-refractivity contribution is 6.06. The molecule has 0 saturated carbocycles. The Hall–Kier alpha value is -3.65. The van der Waals surface area contributed by atoms with Crippen molar-refractivity contribution in [2.75, 3.05) is 24.4 Å². The summed E-state index contributed by atoms with van der Waals surface area (Å²) in [6, 6.07) is 16.6. The first kappa shape index (κ1) is 20.6. The molecule has 1 aliphatic rings. The van der Waals surface area contributed by atoms with E-state index in [9.17, 15) is 4.79 Å². The van der Waals surface area contributed by atoms with Crippen LogP contribution in [0.1, 0.15) is 30.8 Å². The Morgan fingerprint density at radius 1 is 1.19 bits per heavy atom. The first-order chi connectivity index (χ1) is 15.1. The number of nitrogens with one attached hydrogen (secondary N) is 2. The van der Waals surface area contributed by atoms with Gasteiger partial charge in [0.15, 0.2) is 5.82 Å². The lowest BCUT2D eigenvalue weighted by atomic mass is 9.95. The van der Waals surface area contributed by atoms with Crippen molar-refractivity contribution >= 4 is 17.5 Å². The molecule has 2 aromatic carbocycles. The van der Waals surface area contributed by atoms with Crippen LogP contribution in [0.5, 0.6) is 5.75 Å². The van der Waals surface area contributed by atoms with Gasteiger partial charge in [0.1, 0.15) is 11.8 Å². The number of aliphatic hydroxyl groups excluding tert-OH is 1. The minimum atomic E-state index is -0.442. The monoisotopic (exact) mass is 419 g/mol. The van der Waals surface area contributed by atoms with Crippen molar-refractivity contribution in [1.82, 2.24) is 14.8 Å². The summed E-state index contributed by atoms with van der Waals surface area (Å²) >= 11 is 0. The van der Waals surface area contributed by atoms with Crippen LogP contribution < -0.4 is 15.4 Å². The lowest BCUT2D eigenvalue weighted by Gasteiger charge is -2.28. The van der Waals surface area contributed by atoms with Crippen molar-refractivity contribution in [2.45, 2.75) is 25.8 Å². The number of methoxy groups -OCH3 is 1. The number of hydrogen-bond acceptors (Lipinski definition) is 6. The maximum atomic E-state index is 13.5. The average molecular weight is 419 g/mol. The van der Waals surface area contributed by atoms with Crippen LogP contribution in [0, 0.1) is 0 Å².